The first-order valence-corrected chi connectivity index (χ1v) is 7.76. The second kappa shape index (κ2) is 5.72. The molecule has 1 aromatic carbocycles. The molecule has 3 rings (SSSR count). The Balaban J connectivity index is 2.24. The number of aliphatic hydroxyl groups is 1. The third kappa shape index (κ3) is 2.76. The number of rotatable bonds is 4. The lowest BCUT2D eigenvalue weighted by Crippen LogP contribution is -2.15. The van der Waals surface area contributed by atoms with Crippen LogP contribution in [0.1, 0.15) is 42.5 Å². The summed E-state index contributed by atoms with van der Waals surface area (Å²) in [4.78, 5) is 23.3. The number of aromatic carboxylic acids is 1. The molecule has 0 aliphatic heterocycles. The summed E-state index contributed by atoms with van der Waals surface area (Å²) in [6.07, 6.45) is 2.09. The predicted octanol–water partition coefficient (Wildman–Crippen LogP) is 3.11. The number of nitrogens with zero attached hydrogens (tertiary/aromatic N) is 2. The summed E-state index contributed by atoms with van der Waals surface area (Å²) in [6.45, 7) is 5.38. The fourth-order valence-electron chi connectivity index (χ4n) is 2.65. The Bertz CT molecular complexity index is 906. The number of carbonyl (C=O) groups is 1. The van der Waals surface area contributed by atoms with Crippen molar-refractivity contribution in [3.8, 4) is 11.3 Å². The zero-order valence-corrected chi connectivity index (χ0v) is 13.8. The van der Waals surface area contributed by atoms with Gasteiger partial charge in [0.15, 0.2) is 0 Å². The zero-order chi connectivity index (χ0) is 17.5. The van der Waals surface area contributed by atoms with Crippen molar-refractivity contribution in [3.63, 3.8) is 0 Å². The Hall–Kier alpha value is -2.73. The molecule has 0 radical (unpaired) electrons. The minimum absolute atomic E-state index is 0.147. The number of H-pyrrole nitrogens is 1. The molecule has 2 aromatic heterocycles. The maximum Gasteiger partial charge on any atom is 0.338 e. The fraction of sp³-hybridized carbons (Fsp3) is 0.278. The molecule has 0 saturated carbocycles. The van der Waals surface area contributed by atoms with Gasteiger partial charge in [0, 0.05) is 18.2 Å². The maximum absolute atomic E-state index is 11.5. The Morgan fingerprint density at radius 2 is 1.88 bits per heavy atom. The molecule has 0 saturated heterocycles. The summed E-state index contributed by atoms with van der Waals surface area (Å²) < 4.78 is 0. The van der Waals surface area contributed by atoms with Crippen molar-refractivity contribution in [2.75, 3.05) is 0 Å². The van der Waals surface area contributed by atoms with Gasteiger partial charge in [-0.2, -0.15) is 0 Å². The highest BCUT2D eigenvalue weighted by Crippen LogP contribution is 2.30. The average Bonchev–Trinajstić information content (AvgIpc) is 2.97. The first-order valence-electron chi connectivity index (χ1n) is 7.76. The van der Waals surface area contributed by atoms with Gasteiger partial charge in [0.1, 0.15) is 11.5 Å². The number of aromatic nitrogens is 3. The van der Waals surface area contributed by atoms with E-state index in [0.29, 0.717) is 29.0 Å². The van der Waals surface area contributed by atoms with Gasteiger partial charge >= 0.3 is 5.97 Å². The lowest BCUT2D eigenvalue weighted by Gasteiger charge is -2.18. The molecule has 6 heteroatoms. The van der Waals surface area contributed by atoms with Gasteiger partial charge in [-0.1, -0.05) is 31.2 Å². The Kier molecular flexibility index (Phi) is 3.85. The van der Waals surface area contributed by atoms with E-state index in [-0.39, 0.29) is 5.56 Å². The number of hydrogen-bond donors (Lipinski definition) is 3. The normalized spacial score (nSPS) is 11.8. The Morgan fingerprint density at radius 3 is 2.42 bits per heavy atom. The molecule has 24 heavy (non-hydrogen) atoms. The highest BCUT2D eigenvalue weighted by Gasteiger charge is 2.20. The number of hydrogen-bond acceptors (Lipinski definition) is 4. The average molecular weight is 325 g/mol. The van der Waals surface area contributed by atoms with Gasteiger partial charge in [-0.3, -0.25) is 0 Å². The molecule has 0 atom stereocenters. The second-order valence-corrected chi connectivity index (χ2v) is 6.21. The first kappa shape index (κ1) is 16.1. The molecule has 0 amide bonds. The van der Waals surface area contributed by atoms with E-state index in [1.54, 1.807) is 13.8 Å². The molecular formula is C18H19N3O3. The highest BCUT2D eigenvalue weighted by molar-refractivity contribution is 6.07. The van der Waals surface area contributed by atoms with Gasteiger partial charge in [-0.25, -0.2) is 14.8 Å². The summed E-state index contributed by atoms with van der Waals surface area (Å²) in [5, 5.41) is 20.0. The van der Waals surface area contributed by atoms with E-state index < -0.39 is 11.6 Å². The first-order chi connectivity index (χ1) is 11.3. The van der Waals surface area contributed by atoms with Crippen LogP contribution in [0.2, 0.25) is 0 Å². The summed E-state index contributed by atoms with van der Waals surface area (Å²) in [5.41, 5.74) is 1.87. The summed E-state index contributed by atoms with van der Waals surface area (Å²) >= 11 is 0. The third-order valence-electron chi connectivity index (χ3n) is 3.99. The van der Waals surface area contributed by atoms with Crippen molar-refractivity contribution >= 4 is 17.0 Å². The van der Waals surface area contributed by atoms with Gasteiger partial charge in [0.2, 0.25) is 0 Å². The molecule has 3 aromatic rings. The lowest BCUT2D eigenvalue weighted by molar-refractivity contribution is 0.0698. The molecule has 2 heterocycles. The van der Waals surface area contributed by atoms with Gasteiger partial charge < -0.3 is 15.2 Å². The van der Waals surface area contributed by atoms with Crippen molar-refractivity contribution in [2.24, 2.45) is 0 Å². The van der Waals surface area contributed by atoms with E-state index in [1.807, 2.05) is 31.2 Å². The predicted molar refractivity (Wildman–Crippen MR) is 90.9 cm³/mol. The van der Waals surface area contributed by atoms with E-state index >= 15 is 0 Å². The van der Waals surface area contributed by atoms with Crippen LogP contribution in [0.15, 0.2) is 30.5 Å². The van der Waals surface area contributed by atoms with Crippen molar-refractivity contribution in [1.29, 1.82) is 0 Å². The number of carboxylic acids is 1. The van der Waals surface area contributed by atoms with Crippen molar-refractivity contribution < 1.29 is 15.0 Å². The highest BCUT2D eigenvalue weighted by atomic mass is 16.4. The van der Waals surface area contributed by atoms with Crippen LogP contribution in [0.5, 0.6) is 0 Å². The standard InChI is InChI=1S/C18H19N3O3/c1-4-13-20-15(10-5-7-11(8-6-10)18(2,3)24)14-12(17(22)23)9-19-16(14)21-13/h5-9,24H,4H2,1-3H3,(H,22,23)(H,19,20,21). The molecular weight excluding hydrogens is 306 g/mol. The van der Waals surface area contributed by atoms with E-state index in [1.165, 1.54) is 6.20 Å². The summed E-state index contributed by atoms with van der Waals surface area (Å²) in [6, 6.07) is 7.32. The fourth-order valence-corrected chi connectivity index (χ4v) is 2.65. The van der Waals surface area contributed by atoms with Crippen molar-refractivity contribution in [2.45, 2.75) is 32.8 Å². The van der Waals surface area contributed by atoms with Gasteiger partial charge in [0.05, 0.1) is 22.2 Å². The maximum atomic E-state index is 11.5. The summed E-state index contributed by atoms with van der Waals surface area (Å²) in [7, 11) is 0. The van der Waals surface area contributed by atoms with Gasteiger partial charge in [-0.05, 0) is 19.4 Å². The zero-order valence-electron chi connectivity index (χ0n) is 13.8. The largest absolute Gasteiger partial charge is 0.478 e. The number of benzene rings is 1. The monoisotopic (exact) mass is 325 g/mol. The van der Waals surface area contributed by atoms with Crippen LogP contribution in [0.4, 0.5) is 0 Å². The molecule has 0 aliphatic rings. The molecule has 0 fully saturated rings. The van der Waals surface area contributed by atoms with Crippen LogP contribution >= 0.6 is 0 Å². The van der Waals surface area contributed by atoms with E-state index in [9.17, 15) is 15.0 Å². The van der Waals surface area contributed by atoms with E-state index in [4.69, 9.17) is 0 Å². The number of aryl methyl sites for hydroxylation is 1. The van der Waals surface area contributed by atoms with Gasteiger partial charge in [0.25, 0.3) is 0 Å². The SMILES string of the molecule is CCc1nc(-c2ccc(C(C)(C)O)cc2)c2c(C(=O)O)c[nH]c2n1. The minimum atomic E-state index is -1.02. The van der Waals surface area contributed by atoms with E-state index in [0.717, 1.165) is 11.1 Å². The molecule has 0 bridgehead atoms. The van der Waals surface area contributed by atoms with Crippen LogP contribution in [-0.2, 0) is 12.0 Å². The van der Waals surface area contributed by atoms with Gasteiger partial charge in [-0.15, -0.1) is 0 Å². The van der Waals surface area contributed by atoms with Crippen LogP contribution in [-0.4, -0.2) is 31.1 Å². The van der Waals surface area contributed by atoms with Crippen LogP contribution in [0.25, 0.3) is 22.3 Å². The Labute approximate surface area is 139 Å². The molecule has 0 spiro atoms. The third-order valence-corrected chi connectivity index (χ3v) is 3.99. The number of fused-ring (bicyclic) bond motifs is 1. The minimum Gasteiger partial charge on any atom is -0.478 e. The van der Waals surface area contributed by atoms with E-state index in [2.05, 4.69) is 15.0 Å². The molecule has 0 unspecified atom stereocenters. The summed E-state index contributed by atoms with van der Waals surface area (Å²) in [5.74, 6) is -0.383. The van der Waals surface area contributed by atoms with Crippen LogP contribution in [0.3, 0.4) is 0 Å². The Morgan fingerprint density at radius 1 is 1.21 bits per heavy atom. The lowest BCUT2D eigenvalue weighted by atomic mass is 9.96. The molecule has 0 aliphatic carbocycles. The topological polar surface area (TPSA) is 99.1 Å². The van der Waals surface area contributed by atoms with Crippen LogP contribution < -0.4 is 0 Å². The molecule has 6 nitrogen and oxygen atoms in total. The number of aromatic amines is 1. The number of nitrogens with one attached hydrogen (secondary N) is 1. The van der Waals surface area contributed by atoms with Crippen molar-refractivity contribution in [1.82, 2.24) is 15.0 Å². The quantitative estimate of drug-likeness (QED) is 0.684. The number of carboxylic acid groups (broad SMARTS) is 1. The smallest absolute Gasteiger partial charge is 0.338 e. The van der Waals surface area contributed by atoms with Crippen molar-refractivity contribution in [3.05, 3.63) is 47.4 Å². The van der Waals surface area contributed by atoms with Crippen LogP contribution in [0, 0.1) is 0 Å². The second-order valence-electron chi connectivity index (χ2n) is 6.21. The molecule has 124 valence electrons. The molecule has 3 N–H and O–H groups in total.